The summed E-state index contributed by atoms with van der Waals surface area (Å²) >= 11 is 5.88. The molecule has 1 aromatic heterocycles. The van der Waals surface area contributed by atoms with Crippen molar-refractivity contribution in [2.24, 2.45) is 0 Å². The van der Waals surface area contributed by atoms with Crippen molar-refractivity contribution in [3.05, 3.63) is 17.3 Å². The second-order valence-corrected chi connectivity index (χ2v) is 4.47. The van der Waals surface area contributed by atoms with E-state index in [1.807, 2.05) is 0 Å². The first-order valence-electron chi connectivity index (χ1n) is 5.54. The van der Waals surface area contributed by atoms with E-state index in [0.717, 1.165) is 6.42 Å². The average molecular weight is 272 g/mol. The van der Waals surface area contributed by atoms with E-state index in [-0.39, 0.29) is 6.04 Å². The Morgan fingerprint density at radius 2 is 2.50 bits per heavy atom. The lowest BCUT2D eigenvalue weighted by Gasteiger charge is -2.15. The molecule has 2 rings (SSSR count). The zero-order valence-electron chi connectivity index (χ0n) is 9.89. The third kappa shape index (κ3) is 2.76. The summed E-state index contributed by atoms with van der Waals surface area (Å²) in [5, 5.41) is 12.5. The number of likely N-dealkylation sites (tertiary alicyclic amines) is 1. The van der Waals surface area contributed by atoms with Crippen LogP contribution in [0, 0.1) is 0 Å². The molecule has 1 aliphatic rings. The Hall–Kier alpha value is -1.69. The highest BCUT2D eigenvalue weighted by Crippen LogP contribution is 2.26. The molecule has 0 spiro atoms. The number of pyridine rings is 1. The number of halogens is 1. The van der Waals surface area contributed by atoms with Gasteiger partial charge in [0.1, 0.15) is 16.6 Å². The quantitative estimate of drug-likeness (QED) is 0.878. The number of aromatic nitrogens is 1. The van der Waals surface area contributed by atoms with Crippen molar-refractivity contribution in [3.63, 3.8) is 0 Å². The van der Waals surface area contributed by atoms with E-state index in [9.17, 15) is 4.79 Å². The average Bonchev–Trinajstić information content (AvgIpc) is 2.80. The molecular weight excluding hydrogens is 258 g/mol. The number of hydrogen-bond donors (Lipinski definition) is 2. The van der Waals surface area contributed by atoms with Gasteiger partial charge in [0.15, 0.2) is 0 Å². The molecule has 0 radical (unpaired) electrons. The van der Waals surface area contributed by atoms with Gasteiger partial charge in [-0.3, -0.25) is 0 Å². The molecule has 18 heavy (non-hydrogen) atoms. The standard InChI is InChI=1S/C11H14ClN3O3/c1-18-9-4-10(13-5-8(9)12)14-7-2-3-15(6-7)11(16)17/h4-5,7H,2-3,6H2,1H3,(H,13,14)(H,16,17). The van der Waals surface area contributed by atoms with Gasteiger partial charge in [0.2, 0.25) is 0 Å². The number of hydrogen-bond acceptors (Lipinski definition) is 4. The fraction of sp³-hybridized carbons (Fsp3) is 0.455. The largest absolute Gasteiger partial charge is 0.495 e. The molecule has 0 aliphatic carbocycles. The fourth-order valence-corrected chi connectivity index (χ4v) is 2.10. The number of nitrogens with zero attached hydrogens (tertiary/aromatic N) is 2. The Morgan fingerprint density at radius 3 is 3.11 bits per heavy atom. The van der Waals surface area contributed by atoms with E-state index in [1.165, 1.54) is 18.2 Å². The number of anilines is 1. The highest BCUT2D eigenvalue weighted by molar-refractivity contribution is 6.31. The predicted molar refractivity (Wildman–Crippen MR) is 67.4 cm³/mol. The molecule has 0 bridgehead atoms. The SMILES string of the molecule is COc1cc(NC2CCN(C(=O)O)C2)ncc1Cl. The second-order valence-electron chi connectivity index (χ2n) is 4.06. The van der Waals surface area contributed by atoms with Gasteiger partial charge in [-0.05, 0) is 6.42 Å². The maximum Gasteiger partial charge on any atom is 0.407 e. The minimum atomic E-state index is -0.888. The van der Waals surface area contributed by atoms with Gasteiger partial charge in [0.05, 0.1) is 13.3 Å². The summed E-state index contributed by atoms with van der Waals surface area (Å²) in [6, 6.07) is 1.77. The molecule has 1 amide bonds. The third-order valence-electron chi connectivity index (χ3n) is 2.85. The number of ether oxygens (including phenoxy) is 1. The monoisotopic (exact) mass is 271 g/mol. The molecule has 1 atom stereocenters. The van der Waals surface area contributed by atoms with Crippen molar-refractivity contribution in [2.45, 2.75) is 12.5 Å². The number of carboxylic acid groups (broad SMARTS) is 1. The molecular formula is C11H14ClN3O3. The van der Waals surface area contributed by atoms with E-state index in [4.69, 9.17) is 21.4 Å². The maximum absolute atomic E-state index is 10.8. The van der Waals surface area contributed by atoms with Crippen LogP contribution in [0.15, 0.2) is 12.3 Å². The summed E-state index contributed by atoms with van der Waals surface area (Å²) < 4.78 is 5.09. The van der Waals surface area contributed by atoms with Crippen LogP contribution in [0.1, 0.15) is 6.42 Å². The Bertz CT molecular complexity index is 455. The van der Waals surface area contributed by atoms with Crippen molar-refractivity contribution in [2.75, 3.05) is 25.5 Å². The molecule has 1 aromatic rings. The van der Waals surface area contributed by atoms with Crippen molar-refractivity contribution in [3.8, 4) is 5.75 Å². The van der Waals surface area contributed by atoms with Crippen LogP contribution in [0.5, 0.6) is 5.75 Å². The van der Waals surface area contributed by atoms with Gasteiger partial charge in [-0.1, -0.05) is 11.6 Å². The highest BCUT2D eigenvalue weighted by Gasteiger charge is 2.25. The number of nitrogens with one attached hydrogen (secondary N) is 1. The van der Waals surface area contributed by atoms with Crippen molar-refractivity contribution >= 4 is 23.5 Å². The molecule has 0 saturated carbocycles. The molecule has 98 valence electrons. The second kappa shape index (κ2) is 5.30. The number of methoxy groups -OCH3 is 1. The van der Waals surface area contributed by atoms with Gasteiger partial charge >= 0.3 is 6.09 Å². The van der Waals surface area contributed by atoms with Crippen LogP contribution >= 0.6 is 11.6 Å². The van der Waals surface area contributed by atoms with Crippen LogP contribution in [-0.2, 0) is 0 Å². The van der Waals surface area contributed by atoms with Gasteiger partial charge in [-0.25, -0.2) is 9.78 Å². The van der Waals surface area contributed by atoms with Crippen molar-refractivity contribution in [1.82, 2.24) is 9.88 Å². The number of carbonyl (C=O) groups is 1. The van der Waals surface area contributed by atoms with E-state index >= 15 is 0 Å². The summed E-state index contributed by atoms with van der Waals surface area (Å²) in [5.41, 5.74) is 0. The van der Waals surface area contributed by atoms with E-state index < -0.39 is 6.09 Å². The molecule has 1 fully saturated rings. The molecule has 1 saturated heterocycles. The van der Waals surface area contributed by atoms with Crippen molar-refractivity contribution in [1.29, 1.82) is 0 Å². The maximum atomic E-state index is 10.8. The lowest BCUT2D eigenvalue weighted by molar-refractivity contribution is 0.155. The van der Waals surface area contributed by atoms with Gasteiger partial charge in [-0.2, -0.15) is 0 Å². The van der Waals surface area contributed by atoms with Crippen LogP contribution in [0.3, 0.4) is 0 Å². The number of rotatable bonds is 3. The number of amides is 1. The van der Waals surface area contributed by atoms with Crippen LogP contribution in [-0.4, -0.2) is 47.3 Å². The zero-order valence-corrected chi connectivity index (χ0v) is 10.6. The summed E-state index contributed by atoms with van der Waals surface area (Å²) in [5.74, 6) is 1.18. The van der Waals surface area contributed by atoms with Crippen molar-refractivity contribution < 1.29 is 14.6 Å². The van der Waals surface area contributed by atoms with Crippen LogP contribution in [0.4, 0.5) is 10.6 Å². The molecule has 6 nitrogen and oxygen atoms in total. The smallest absolute Gasteiger partial charge is 0.407 e. The zero-order chi connectivity index (χ0) is 13.1. The summed E-state index contributed by atoms with van der Waals surface area (Å²) in [6.45, 7) is 1.000. The topological polar surface area (TPSA) is 74.7 Å². The predicted octanol–water partition coefficient (Wildman–Crippen LogP) is 1.91. The molecule has 1 unspecified atom stereocenters. The Labute approximate surface area is 110 Å². The molecule has 2 N–H and O–H groups in total. The first kappa shape index (κ1) is 12.8. The van der Waals surface area contributed by atoms with Crippen LogP contribution in [0.25, 0.3) is 0 Å². The lowest BCUT2D eigenvalue weighted by Crippen LogP contribution is -2.30. The van der Waals surface area contributed by atoms with Gasteiger partial charge in [-0.15, -0.1) is 0 Å². The Morgan fingerprint density at radius 1 is 1.72 bits per heavy atom. The summed E-state index contributed by atoms with van der Waals surface area (Å²) in [7, 11) is 1.53. The summed E-state index contributed by atoms with van der Waals surface area (Å²) in [6.07, 6.45) is 1.38. The Balaban J connectivity index is 2.00. The minimum Gasteiger partial charge on any atom is -0.495 e. The summed E-state index contributed by atoms with van der Waals surface area (Å²) in [4.78, 5) is 16.3. The van der Waals surface area contributed by atoms with Gasteiger partial charge in [0, 0.05) is 25.2 Å². The van der Waals surface area contributed by atoms with Gasteiger partial charge in [0.25, 0.3) is 0 Å². The molecule has 7 heteroatoms. The Kier molecular flexibility index (Phi) is 3.76. The lowest BCUT2D eigenvalue weighted by atomic mass is 10.2. The first-order valence-corrected chi connectivity index (χ1v) is 5.92. The fourth-order valence-electron chi connectivity index (χ4n) is 1.92. The van der Waals surface area contributed by atoms with Crippen LogP contribution in [0.2, 0.25) is 5.02 Å². The minimum absolute atomic E-state index is 0.0690. The normalized spacial score (nSPS) is 18.8. The molecule has 2 heterocycles. The van der Waals surface area contributed by atoms with Gasteiger partial charge < -0.3 is 20.1 Å². The first-order chi connectivity index (χ1) is 8.60. The molecule has 1 aliphatic heterocycles. The highest BCUT2D eigenvalue weighted by atomic mass is 35.5. The molecule has 0 aromatic carbocycles. The van der Waals surface area contributed by atoms with E-state index in [1.54, 1.807) is 6.07 Å². The van der Waals surface area contributed by atoms with Crippen LogP contribution < -0.4 is 10.1 Å². The van der Waals surface area contributed by atoms with E-state index in [2.05, 4.69) is 10.3 Å². The third-order valence-corrected chi connectivity index (χ3v) is 3.13. The van der Waals surface area contributed by atoms with E-state index in [0.29, 0.717) is 29.7 Å².